The summed E-state index contributed by atoms with van der Waals surface area (Å²) in [5.41, 5.74) is 0.385. The van der Waals surface area contributed by atoms with Gasteiger partial charge < -0.3 is 5.32 Å². The summed E-state index contributed by atoms with van der Waals surface area (Å²) in [6.45, 7) is 0. The van der Waals surface area contributed by atoms with Crippen molar-refractivity contribution in [3.63, 3.8) is 0 Å². The number of imide groups is 1. The first-order valence-corrected chi connectivity index (χ1v) is 11.2. The van der Waals surface area contributed by atoms with Crippen molar-refractivity contribution in [1.82, 2.24) is 5.32 Å². The van der Waals surface area contributed by atoms with E-state index in [2.05, 4.69) is 10.6 Å². The molecule has 0 aliphatic carbocycles. The molecule has 0 saturated carbocycles. The number of para-hydroxylation sites is 1. The maximum atomic E-state index is 13.6. The van der Waals surface area contributed by atoms with Crippen LogP contribution in [0, 0.1) is 17.7 Å². The zero-order valence-corrected chi connectivity index (χ0v) is 17.0. The number of rotatable bonds is 4. The van der Waals surface area contributed by atoms with Crippen molar-refractivity contribution in [3.8, 4) is 0 Å². The Balaban J connectivity index is 1.64. The lowest BCUT2D eigenvalue weighted by atomic mass is 9.76. The molecule has 0 radical (unpaired) electrons. The lowest BCUT2D eigenvalue weighted by Gasteiger charge is -2.29. The van der Waals surface area contributed by atoms with Crippen LogP contribution in [-0.4, -0.2) is 35.8 Å². The Kier molecular flexibility index (Phi) is 4.44. The lowest BCUT2D eigenvalue weighted by molar-refractivity contribution is -0.130. The highest BCUT2D eigenvalue weighted by atomic mass is 32.2. The van der Waals surface area contributed by atoms with Crippen LogP contribution in [-0.2, 0) is 19.9 Å². The fourth-order valence-electron chi connectivity index (χ4n) is 5.10. The molecule has 3 aliphatic heterocycles. The number of anilines is 2. The lowest BCUT2D eigenvalue weighted by Crippen LogP contribution is -2.53. The summed E-state index contributed by atoms with van der Waals surface area (Å²) in [4.78, 5) is 41.4. The van der Waals surface area contributed by atoms with E-state index in [1.807, 2.05) is 24.5 Å². The molecule has 2 aromatic carbocycles. The van der Waals surface area contributed by atoms with Crippen molar-refractivity contribution in [2.45, 2.75) is 18.0 Å². The fraction of sp³-hybridized carbons (Fsp3) is 0.318. The number of halogens is 1. The summed E-state index contributed by atoms with van der Waals surface area (Å²) in [6, 6.07) is 12.2. The van der Waals surface area contributed by atoms with Gasteiger partial charge in [-0.2, -0.15) is 11.8 Å². The van der Waals surface area contributed by atoms with Crippen LogP contribution in [0.2, 0.25) is 0 Å². The van der Waals surface area contributed by atoms with Crippen molar-refractivity contribution >= 4 is 40.9 Å². The first-order chi connectivity index (χ1) is 14.5. The molecule has 3 heterocycles. The third kappa shape index (κ3) is 2.50. The monoisotopic (exact) mass is 425 g/mol. The highest BCUT2D eigenvalue weighted by Gasteiger charge is 2.70. The molecule has 0 bridgehead atoms. The molecule has 30 heavy (non-hydrogen) atoms. The van der Waals surface area contributed by atoms with E-state index in [1.54, 1.807) is 17.8 Å². The van der Waals surface area contributed by atoms with Crippen LogP contribution in [0.3, 0.4) is 0 Å². The number of nitrogens with zero attached hydrogens (tertiary/aromatic N) is 1. The van der Waals surface area contributed by atoms with Gasteiger partial charge in [0, 0.05) is 17.3 Å². The number of benzene rings is 2. The molecule has 1 spiro atoms. The quantitative estimate of drug-likeness (QED) is 0.736. The van der Waals surface area contributed by atoms with Gasteiger partial charge in [-0.05, 0) is 48.8 Å². The maximum Gasteiger partial charge on any atom is 0.250 e. The predicted molar refractivity (Wildman–Crippen MR) is 113 cm³/mol. The Hall–Kier alpha value is -2.71. The molecule has 4 unspecified atom stereocenters. The molecule has 0 aromatic heterocycles. The minimum Gasteiger partial charge on any atom is -0.324 e. The van der Waals surface area contributed by atoms with Crippen molar-refractivity contribution in [3.05, 3.63) is 59.9 Å². The van der Waals surface area contributed by atoms with Gasteiger partial charge in [0.2, 0.25) is 17.7 Å². The molecule has 5 rings (SSSR count). The topological polar surface area (TPSA) is 78.5 Å². The van der Waals surface area contributed by atoms with E-state index in [1.165, 1.54) is 24.3 Å². The zero-order chi connectivity index (χ0) is 21.0. The van der Waals surface area contributed by atoms with Crippen LogP contribution < -0.4 is 15.5 Å². The van der Waals surface area contributed by atoms with E-state index < -0.39 is 29.1 Å². The van der Waals surface area contributed by atoms with Gasteiger partial charge in [0.15, 0.2) is 0 Å². The van der Waals surface area contributed by atoms with Crippen LogP contribution in [0.15, 0.2) is 48.5 Å². The average molecular weight is 425 g/mol. The summed E-state index contributed by atoms with van der Waals surface area (Å²) in [5.74, 6) is -2.26. The summed E-state index contributed by atoms with van der Waals surface area (Å²) < 4.78 is 13.4. The molecule has 6 nitrogen and oxygen atoms in total. The van der Waals surface area contributed by atoms with Crippen molar-refractivity contribution in [1.29, 1.82) is 0 Å². The first-order valence-electron chi connectivity index (χ1n) is 9.80. The van der Waals surface area contributed by atoms with Crippen LogP contribution in [0.4, 0.5) is 15.8 Å². The van der Waals surface area contributed by atoms with Gasteiger partial charge in [-0.1, -0.05) is 18.2 Å². The van der Waals surface area contributed by atoms with E-state index >= 15 is 0 Å². The number of carbonyl (C=O) groups excluding carboxylic acids is 3. The van der Waals surface area contributed by atoms with Gasteiger partial charge in [-0.25, -0.2) is 9.29 Å². The van der Waals surface area contributed by atoms with Crippen molar-refractivity contribution in [2.24, 2.45) is 11.8 Å². The molecule has 3 amide bonds. The van der Waals surface area contributed by atoms with E-state index in [9.17, 15) is 18.8 Å². The second-order valence-corrected chi connectivity index (χ2v) is 8.82. The van der Waals surface area contributed by atoms with Crippen LogP contribution in [0.25, 0.3) is 0 Å². The minimum absolute atomic E-state index is 0.313. The van der Waals surface area contributed by atoms with Gasteiger partial charge in [-0.3, -0.25) is 19.7 Å². The second kappa shape index (κ2) is 6.92. The summed E-state index contributed by atoms with van der Waals surface area (Å²) in [7, 11) is 0. The number of amides is 3. The Morgan fingerprint density at radius 2 is 1.80 bits per heavy atom. The third-order valence-electron chi connectivity index (χ3n) is 6.34. The second-order valence-electron chi connectivity index (χ2n) is 7.83. The molecule has 2 aromatic rings. The van der Waals surface area contributed by atoms with E-state index in [0.717, 1.165) is 10.7 Å². The number of carbonyl (C=O) groups is 3. The standard InChI is InChI=1S/C22H20FN3O3S/c1-30-11-10-16-17-18(20(28)26(19(17)27)13-8-6-12(23)7-9-13)22(25-16)14-4-2-3-5-15(14)24-21(22)29/h2-9,16-18,25H,10-11H2,1H3,(H,24,29). The Morgan fingerprint density at radius 1 is 1.07 bits per heavy atom. The third-order valence-corrected chi connectivity index (χ3v) is 6.98. The fourth-order valence-corrected chi connectivity index (χ4v) is 5.59. The molecule has 2 N–H and O–H groups in total. The Labute approximate surface area is 177 Å². The Bertz CT molecular complexity index is 1060. The van der Waals surface area contributed by atoms with Gasteiger partial charge >= 0.3 is 0 Å². The van der Waals surface area contributed by atoms with Gasteiger partial charge in [-0.15, -0.1) is 0 Å². The normalized spacial score (nSPS) is 29.5. The molecular weight excluding hydrogens is 405 g/mol. The minimum atomic E-state index is -1.29. The number of nitrogens with one attached hydrogen (secondary N) is 2. The highest BCUT2D eigenvalue weighted by molar-refractivity contribution is 7.98. The molecule has 4 atom stereocenters. The zero-order valence-electron chi connectivity index (χ0n) is 16.2. The van der Waals surface area contributed by atoms with E-state index in [0.29, 0.717) is 23.4 Å². The largest absolute Gasteiger partial charge is 0.324 e. The first kappa shape index (κ1) is 19.3. The smallest absolute Gasteiger partial charge is 0.250 e. The number of hydrogen-bond donors (Lipinski definition) is 2. The van der Waals surface area contributed by atoms with Crippen molar-refractivity contribution < 1.29 is 18.8 Å². The summed E-state index contributed by atoms with van der Waals surface area (Å²) in [6.07, 6.45) is 2.63. The average Bonchev–Trinajstić information content (AvgIpc) is 3.32. The van der Waals surface area contributed by atoms with Crippen LogP contribution in [0.1, 0.15) is 12.0 Å². The van der Waals surface area contributed by atoms with E-state index in [4.69, 9.17) is 0 Å². The van der Waals surface area contributed by atoms with E-state index in [-0.39, 0.29) is 17.9 Å². The van der Waals surface area contributed by atoms with Gasteiger partial charge in [0.25, 0.3) is 0 Å². The molecular formula is C22H20FN3O3S. The predicted octanol–water partition coefficient (Wildman–Crippen LogP) is 2.50. The van der Waals surface area contributed by atoms with Crippen molar-refractivity contribution in [2.75, 3.05) is 22.2 Å². The summed E-state index contributed by atoms with van der Waals surface area (Å²) >= 11 is 1.65. The number of fused-ring (bicyclic) bond motifs is 4. The van der Waals surface area contributed by atoms with Crippen LogP contribution >= 0.6 is 11.8 Å². The number of hydrogen-bond acceptors (Lipinski definition) is 5. The SMILES string of the molecule is CSCCC1NC2(C(=O)Nc3ccccc32)C2C(=O)N(c3ccc(F)cc3)C(=O)C12. The van der Waals surface area contributed by atoms with Crippen LogP contribution in [0.5, 0.6) is 0 Å². The molecule has 3 aliphatic rings. The van der Waals surface area contributed by atoms with Gasteiger partial charge in [0.1, 0.15) is 11.4 Å². The molecule has 8 heteroatoms. The Morgan fingerprint density at radius 3 is 2.53 bits per heavy atom. The maximum absolute atomic E-state index is 13.6. The molecule has 2 fully saturated rings. The molecule has 2 saturated heterocycles. The summed E-state index contributed by atoms with van der Waals surface area (Å²) in [5, 5.41) is 6.28. The highest BCUT2D eigenvalue weighted by Crippen LogP contribution is 2.53. The molecule has 154 valence electrons. The number of thioether (sulfide) groups is 1. The van der Waals surface area contributed by atoms with Gasteiger partial charge in [0.05, 0.1) is 17.5 Å².